The lowest BCUT2D eigenvalue weighted by atomic mass is 10.2. The van der Waals surface area contributed by atoms with E-state index in [0.717, 1.165) is 5.69 Å². The van der Waals surface area contributed by atoms with Crippen molar-refractivity contribution in [1.82, 2.24) is 24.5 Å². The van der Waals surface area contributed by atoms with Crippen LogP contribution in [0.25, 0.3) is 16.8 Å². The number of hydrogen-bond acceptors (Lipinski definition) is 7. The van der Waals surface area contributed by atoms with Crippen molar-refractivity contribution < 1.29 is 13.9 Å². The number of carbonyl (C=O) groups is 1. The second-order valence-electron chi connectivity index (χ2n) is 6.07. The zero-order valence-electron chi connectivity index (χ0n) is 15.3. The molecule has 0 N–H and O–H groups in total. The first-order chi connectivity index (χ1) is 13.6. The summed E-state index contributed by atoms with van der Waals surface area (Å²) in [6.45, 7) is 3.65. The fraction of sp³-hybridized carbons (Fsp3) is 0.211. The summed E-state index contributed by atoms with van der Waals surface area (Å²) in [4.78, 5) is 30.8. The monoisotopic (exact) mass is 379 g/mol. The zero-order chi connectivity index (χ0) is 19.7. The maximum Gasteiger partial charge on any atom is 0.342 e. The first-order valence-electron chi connectivity index (χ1n) is 8.70. The molecule has 0 aliphatic heterocycles. The number of aromatic nitrogens is 5. The maximum atomic E-state index is 13.0. The van der Waals surface area contributed by atoms with Gasteiger partial charge in [0.25, 0.3) is 5.56 Å². The van der Waals surface area contributed by atoms with Crippen LogP contribution in [0.3, 0.4) is 0 Å². The van der Waals surface area contributed by atoms with Crippen LogP contribution in [0.4, 0.5) is 0 Å². The molecule has 0 aliphatic carbocycles. The van der Waals surface area contributed by atoms with Crippen LogP contribution >= 0.6 is 0 Å². The molecule has 3 aromatic heterocycles. The molecule has 9 nitrogen and oxygen atoms in total. The molecule has 0 saturated heterocycles. The quantitative estimate of drug-likeness (QED) is 0.489. The standard InChI is InChI=1S/C19H17N5O4/c1-3-27-19(26)15-12(2)28-17-16(15)18(25)23(11-20-17)10-13-9-21-24(22-13)14-7-5-4-6-8-14/h4-9,11H,3,10H2,1-2H3. The van der Waals surface area contributed by atoms with Crippen molar-refractivity contribution in [2.24, 2.45) is 0 Å². The molecule has 142 valence electrons. The molecule has 3 heterocycles. The van der Waals surface area contributed by atoms with Gasteiger partial charge in [-0.25, -0.2) is 9.78 Å². The maximum absolute atomic E-state index is 13.0. The van der Waals surface area contributed by atoms with Gasteiger partial charge in [-0.15, -0.1) is 0 Å². The van der Waals surface area contributed by atoms with Gasteiger partial charge < -0.3 is 9.15 Å². The number of esters is 1. The Morgan fingerprint density at radius 1 is 1.25 bits per heavy atom. The Morgan fingerprint density at radius 2 is 2.04 bits per heavy atom. The number of fused-ring (bicyclic) bond motifs is 1. The molecule has 0 unspecified atom stereocenters. The summed E-state index contributed by atoms with van der Waals surface area (Å²) in [5, 5.41) is 8.72. The number of carbonyl (C=O) groups excluding carboxylic acids is 1. The smallest absolute Gasteiger partial charge is 0.342 e. The Bertz CT molecular complexity index is 1210. The van der Waals surface area contributed by atoms with Gasteiger partial charge in [0.2, 0.25) is 5.71 Å². The van der Waals surface area contributed by atoms with E-state index in [0.29, 0.717) is 11.5 Å². The average molecular weight is 379 g/mol. The number of rotatable bonds is 5. The number of ether oxygens (including phenoxy) is 1. The predicted molar refractivity (Wildman–Crippen MR) is 99.4 cm³/mol. The van der Waals surface area contributed by atoms with Crippen LogP contribution in [-0.4, -0.2) is 37.1 Å². The number of para-hydroxylation sites is 1. The van der Waals surface area contributed by atoms with Crippen molar-refractivity contribution in [2.75, 3.05) is 6.61 Å². The van der Waals surface area contributed by atoms with Crippen molar-refractivity contribution >= 4 is 17.1 Å². The molecule has 1 aromatic carbocycles. The fourth-order valence-electron chi connectivity index (χ4n) is 2.93. The molecule has 0 radical (unpaired) electrons. The van der Waals surface area contributed by atoms with E-state index in [1.165, 1.54) is 15.7 Å². The summed E-state index contributed by atoms with van der Waals surface area (Å²) in [7, 11) is 0. The van der Waals surface area contributed by atoms with Crippen LogP contribution < -0.4 is 5.56 Å². The molecule has 9 heteroatoms. The number of nitrogens with zero attached hydrogens (tertiary/aromatic N) is 5. The molecule has 0 spiro atoms. The minimum Gasteiger partial charge on any atom is -0.462 e. The number of hydrogen-bond donors (Lipinski definition) is 0. The molecular formula is C19H17N5O4. The highest BCUT2D eigenvalue weighted by Gasteiger charge is 2.24. The number of furan rings is 1. The molecule has 0 bridgehead atoms. The summed E-state index contributed by atoms with van der Waals surface area (Å²) >= 11 is 0. The molecule has 0 saturated carbocycles. The van der Waals surface area contributed by atoms with Crippen molar-refractivity contribution in [3.8, 4) is 5.69 Å². The first kappa shape index (κ1) is 17.7. The third-order valence-electron chi connectivity index (χ3n) is 4.19. The molecule has 4 rings (SSSR count). The first-order valence-corrected chi connectivity index (χ1v) is 8.70. The lowest BCUT2D eigenvalue weighted by Crippen LogP contribution is -2.22. The van der Waals surface area contributed by atoms with Gasteiger partial charge in [0, 0.05) is 0 Å². The third kappa shape index (κ3) is 3.07. The Hall–Kier alpha value is -3.75. The van der Waals surface area contributed by atoms with Crippen molar-refractivity contribution in [3.63, 3.8) is 0 Å². The fourth-order valence-corrected chi connectivity index (χ4v) is 2.93. The highest BCUT2D eigenvalue weighted by atomic mass is 16.5. The molecule has 28 heavy (non-hydrogen) atoms. The number of benzene rings is 1. The van der Waals surface area contributed by atoms with E-state index in [2.05, 4.69) is 15.2 Å². The van der Waals surface area contributed by atoms with Crippen LogP contribution in [0, 0.1) is 6.92 Å². The molecule has 0 fully saturated rings. The predicted octanol–water partition coefficient (Wildman–Crippen LogP) is 2.10. The molecule has 0 aliphatic rings. The average Bonchev–Trinajstić information content (AvgIpc) is 3.29. The second kappa shape index (κ2) is 7.10. The zero-order valence-corrected chi connectivity index (χ0v) is 15.3. The summed E-state index contributed by atoms with van der Waals surface area (Å²) < 4.78 is 11.9. The van der Waals surface area contributed by atoms with Crippen LogP contribution in [0.5, 0.6) is 0 Å². The van der Waals surface area contributed by atoms with Crippen LogP contribution in [0.1, 0.15) is 28.7 Å². The van der Waals surface area contributed by atoms with Crippen LogP contribution in [0.2, 0.25) is 0 Å². The van der Waals surface area contributed by atoms with E-state index in [1.54, 1.807) is 20.0 Å². The molecule has 0 atom stereocenters. The van der Waals surface area contributed by atoms with E-state index in [9.17, 15) is 9.59 Å². The van der Waals surface area contributed by atoms with Gasteiger partial charge in [-0.1, -0.05) is 18.2 Å². The topological polar surface area (TPSA) is 105 Å². The third-order valence-corrected chi connectivity index (χ3v) is 4.19. The summed E-state index contributed by atoms with van der Waals surface area (Å²) in [6, 6.07) is 9.44. The van der Waals surface area contributed by atoms with Crippen molar-refractivity contribution in [1.29, 1.82) is 0 Å². The van der Waals surface area contributed by atoms with Gasteiger partial charge in [-0.05, 0) is 26.0 Å². The van der Waals surface area contributed by atoms with Gasteiger partial charge in [-0.2, -0.15) is 15.0 Å². The molecular weight excluding hydrogens is 362 g/mol. The van der Waals surface area contributed by atoms with E-state index < -0.39 is 11.5 Å². The molecule has 0 amide bonds. The van der Waals surface area contributed by atoms with E-state index in [4.69, 9.17) is 9.15 Å². The van der Waals surface area contributed by atoms with Crippen LogP contribution in [-0.2, 0) is 11.3 Å². The Morgan fingerprint density at radius 3 is 2.79 bits per heavy atom. The Kier molecular flexibility index (Phi) is 4.48. The van der Waals surface area contributed by atoms with E-state index in [1.807, 2.05) is 30.3 Å². The normalized spacial score (nSPS) is 11.1. The minimum absolute atomic E-state index is 0.105. The lowest BCUT2D eigenvalue weighted by molar-refractivity contribution is 0.0526. The van der Waals surface area contributed by atoms with E-state index >= 15 is 0 Å². The minimum atomic E-state index is -0.606. The highest BCUT2D eigenvalue weighted by Crippen LogP contribution is 2.21. The summed E-state index contributed by atoms with van der Waals surface area (Å²) in [6.07, 6.45) is 2.95. The number of aryl methyl sites for hydroxylation is 1. The molecule has 4 aromatic rings. The van der Waals surface area contributed by atoms with Gasteiger partial charge in [0.1, 0.15) is 28.7 Å². The van der Waals surface area contributed by atoms with Crippen molar-refractivity contribution in [3.05, 3.63) is 70.2 Å². The summed E-state index contributed by atoms with van der Waals surface area (Å²) in [5.74, 6) is -0.309. The highest BCUT2D eigenvalue weighted by molar-refractivity contribution is 6.03. The SMILES string of the molecule is CCOC(=O)c1c(C)oc2ncn(Cc3cnn(-c4ccccc4)n3)c(=O)c12. The Labute approximate surface area is 159 Å². The van der Waals surface area contributed by atoms with Gasteiger partial charge in [-0.3, -0.25) is 9.36 Å². The van der Waals surface area contributed by atoms with E-state index in [-0.39, 0.29) is 29.8 Å². The Balaban J connectivity index is 1.71. The lowest BCUT2D eigenvalue weighted by Gasteiger charge is -2.03. The van der Waals surface area contributed by atoms with Crippen molar-refractivity contribution in [2.45, 2.75) is 20.4 Å². The second-order valence-corrected chi connectivity index (χ2v) is 6.07. The van der Waals surface area contributed by atoms with Gasteiger partial charge in [0.15, 0.2) is 0 Å². The summed E-state index contributed by atoms with van der Waals surface area (Å²) in [5.41, 5.74) is 1.19. The largest absolute Gasteiger partial charge is 0.462 e. The van der Waals surface area contributed by atoms with Gasteiger partial charge in [0.05, 0.1) is 25.0 Å². The van der Waals surface area contributed by atoms with Crippen LogP contribution in [0.15, 0.2) is 52.1 Å². The van der Waals surface area contributed by atoms with Gasteiger partial charge >= 0.3 is 5.97 Å².